The first kappa shape index (κ1) is 15.7. The average molecular weight is 363 g/mol. The summed E-state index contributed by atoms with van der Waals surface area (Å²) in [5.41, 5.74) is 7.02. The number of halogens is 1. The van der Waals surface area contributed by atoms with Crippen molar-refractivity contribution in [1.29, 1.82) is 0 Å². The van der Waals surface area contributed by atoms with Crippen molar-refractivity contribution >= 4 is 44.7 Å². The predicted octanol–water partition coefficient (Wildman–Crippen LogP) is 3.77. The van der Waals surface area contributed by atoms with Gasteiger partial charge in [0.25, 0.3) is 5.91 Å². The summed E-state index contributed by atoms with van der Waals surface area (Å²) in [5, 5.41) is 0. The van der Waals surface area contributed by atoms with Crippen LogP contribution in [0.4, 0.5) is 5.69 Å². The Labute approximate surface area is 137 Å². The van der Waals surface area contributed by atoms with E-state index in [0.29, 0.717) is 23.5 Å². The van der Waals surface area contributed by atoms with E-state index in [1.165, 1.54) is 0 Å². The standard InChI is InChI=1S/C16H15BrN2OS/c17-13-6-4-5-12(11-13)16(20)19(10-9-15(18)21)14-7-2-1-3-8-14/h1-8,11H,9-10H2,(H2,18,21). The Morgan fingerprint density at radius 2 is 1.86 bits per heavy atom. The number of amides is 1. The summed E-state index contributed by atoms with van der Waals surface area (Å²) in [7, 11) is 0. The summed E-state index contributed by atoms with van der Waals surface area (Å²) in [5.74, 6) is -0.0706. The van der Waals surface area contributed by atoms with Crippen LogP contribution in [0.25, 0.3) is 0 Å². The number of anilines is 1. The molecule has 0 atom stereocenters. The molecule has 0 fully saturated rings. The molecule has 0 aliphatic carbocycles. The van der Waals surface area contributed by atoms with E-state index in [-0.39, 0.29) is 5.91 Å². The fraction of sp³-hybridized carbons (Fsp3) is 0.125. The molecule has 0 heterocycles. The summed E-state index contributed by atoms with van der Waals surface area (Å²) < 4.78 is 0.871. The second-order valence-corrected chi connectivity index (χ2v) is 5.96. The van der Waals surface area contributed by atoms with Gasteiger partial charge in [-0.15, -0.1) is 0 Å². The number of carbonyl (C=O) groups excluding carboxylic acids is 1. The molecular formula is C16H15BrN2OS. The zero-order valence-corrected chi connectivity index (χ0v) is 13.7. The van der Waals surface area contributed by atoms with Crippen molar-refractivity contribution in [2.75, 3.05) is 11.4 Å². The summed E-state index contributed by atoms with van der Waals surface area (Å²) in [4.78, 5) is 14.8. The van der Waals surface area contributed by atoms with Crippen LogP contribution in [0.15, 0.2) is 59.1 Å². The Hall–Kier alpha value is -1.72. The molecule has 0 saturated heterocycles. The maximum atomic E-state index is 12.7. The fourth-order valence-corrected chi connectivity index (χ4v) is 2.45. The lowest BCUT2D eigenvalue weighted by molar-refractivity contribution is 0.0987. The summed E-state index contributed by atoms with van der Waals surface area (Å²) in [6.07, 6.45) is 0.490. The van der Waals surface area contributed by atoms with Gasteiger partial charge in [0.1, 0.15) is 0 Å². The van der Waals surface area contributed by atoms with E-state index in [9.17, 15) is 4.79 Å². The van der Waals surface area contributed by atoms with Gasteiger partial charge in [0.05, 0.1) is 4.99 Å². The van der Waals surface area contributed by atoms with E-state index in [2.05, 4.69) is 15.9 Å². The molecule has 5 heteroatoms. The highest BCUT2D eigenvalue weighted by Gasteiger charge is 2.17. The van der Waals surface area contributed by atoms with Gasteiger partial charge in [-0.3, -0.25) is 4.79 Å². The van der Waals surface area contributed by atoms with Crippen molar-refractivity contribution in [3.8, 4) is 0 Å². The topological polar surface area (TPSA) is 46.3 Å². The lowest BCUT2D eigenvalue weighted by Gasteiger charge is -2.23. The van der Waals surface area contributed by atoms with Crippen LogP contribution in [0.5, 0.6) is 0 Å². The molecule has 3 nitrogen and oxygen atoms in total. The molecule has 0 aliphatic heterocycles. The number of rotatable bonds is 5. The number of carbonyl (C=O) groups is 1. The molecule has 0 aliphatic rings. The van der Waals surface area contributed by atoms with E-state index in [1.807, 2.05) is 42.5 Å². The van der Waals surface area contributed by atoms with Crippen molar-refractivity contribution in [3.63, 3.8) is 0 Å². The maximum Gasteiger partial charge on any atom is 0.258 e. The second kappa shape index (κ2) is 7.33. The van der Waals surface area contributed by atoms with Crippen molar-refractivity contribution in [2.24, 2.45) is 5.73 Å². The third kappa shape index (κ3) is 4.37. The van der Waals surface area contributed by atoms with Gasteiger partial charge in [-0.2, -0.15) is 0 Å². The lowest BCUT2D eigenvalue weighted by atomic mass is 10.1. The second-order valence-electron chi connectivity index (χ2n) is 4.52. The predicted molar refractivity (Wildman–Crippen MR) is 93.7 cm³/mol. The number of thiocarbonyl (C=S) groups is 1. The Morgan fingerprint density at radius 1 is 1.14 bits per heavy atom. The number of hydrogen-bond acceptors (Lipinski definition) is 2. The zero-order chi connectivity index (χ0) is 15.2. The number of para-hydroxylation sites is 1. The molecule has 21 heavy (non-hydrogen) atoms. The summed E-state index contributed by atoms with van der Waals surface area (Å²) in [6.45, 7) is 0.463. The molecule has 0 aromatic heterocycles. The molecule has 1 amide bonds. The molecule has 2 N–H and O–H groups in total. The SMILES string of the molecule is NC(=S)CCN(C(=O)c1cccc(Br)c1)c1ccccc1. The Kier molecular flexibility index (Phi) is 5.47. The summed E-state index contributed by atoms with van der Waals surface area (Å²) in [6, 6.07) is 16.8. The molecule has 2 aromatic rings. The number of nitrogens with two attached hydrogens (primary N) is 1. The van der Waals surface area contributed by atoms with Gasteiger partial charge in [-0.25, -0.2) is 0 Å². The number of benzene rings is 2. The minimum Gasteiger partial charge on any atom is -0.393 e. The molecule has 0 unspecified atom stereocenters. The first-order valence-electron chi connectivity index (χ1n) is 6.48. The Balaban J connectivity index is 2.30. The van der Waals surface area contributed by atoms with Gasteiger partial charge in [-0.05, 0) is 30.3 Å². The van der Waals surface area contributed by atoms with E-state index in [0.717, 1.165) is 10.2 Å². The molecule has 0 radical (unpaired) electrons. The van der Waals surface area contributed by atoms with Crippen molar-refractivity contribution in [3.05, 3.63) is 64.6 Å². The average Bonchev–Trinajstić information content (AvgIpc) is 2.48. The third-order valence-corrected chi connectivity index (χ3v) is 3.66. The maximum absolute atomic E-state index is 12.7. The van der Waals surface area contributed by atoms with E-state index in [4.69, 9.17) is 18.0 Å². The first-order chi connectivity index (χ1) is 10.1. The molecule has 0 saturated carbocycles. The van der Waals surface area contributed by atoms with Gasteiger partial charge in [0.2, 0.25) is 0 Å². The Bertz CT molecular complexity index is 646. The molecule has 2 rings (SSSR count). The largest absolute Gasteiger partial charge is 0.393 e. The fourth-order valence-electron chi connectivity index (χ4n) is 1.96. The summed E-state index contributed by atoms with van der Waals surface area (Å²) >= 11 is 8.31. The van der Waals surface area contributed by atoms with Crippen LogP contribution in [0.1, 0.15) is 16.8 Å². The molecule has 2 aromatic carbocycles. The van der Waals surface area contributed by atoms with Crippen LogP contribution in [0, 0.1) is 0 Å². The van der Waals surface area contributed by atoms with Gasteiger partial charge in [-0.1, -0.05) is 52.4 Å². The van der Waals surface area contributed by atoms with E-state index in [1.54, 1.807) is 17.0 Å². The minimum atomic E-state index is -0.0706. The van der Waals surface area contributed by atoms with Crippen LogP contribution >= 0.6 is 28.1 Å². The van der Waals surface area contributed by atoms with Crippen LogP contribution < -0.4 is 10.6 Å². The molecule has 0 bridgehead atoms. The van der Waals surface area contributed by atoms with Crippen molar-refractivity contribution in [2.45, 2.75) is 6.42 Å². The normalized spacial score (nSPS) is 10.1. The van der Waals surface area contributed by atoms with Gasteiger partial charge < -0.3 is 10.6 Å². The van der Waals surface area contributed by atoms with Gasteiger partial charge >= 0.3 is 0 Å². The van der Waals surface area contributed by atoms with Gasteiger partial charge in [0.15, 0.2) is 0 Å². The highest BCUT2D eigenvalue weighted by molar-refractivity contribution is 9.10. The smallest absolute Gasteiger partial charge is 0.258 e. The Morgan fingerprint density at radius 3 is 2.48 bits per heavy atom. The van der Waals surface area contributed by atoms with E-state index >= 15 is 0 Å². The van der Waals surface area contributed by atoms with Crippen molar-refractivity contribution < 1.29 is 4.79 Å². The van der Waals surface area contributed by atoms with Crippen LogP contribution in [-0.4, -0.2) is 17.4 Å². The zero-order valence-electron chi connectivity index (χ0n) is 11.3. The van der Waals surface area contributed by atoms with Crippen LogP contribution in [0.2, 0.25) is 0 Å². The van der Waals surface area contributed by atoms with E-state index < -0.39 is 0 Å². The number of hydrogen-bond donors (Lipinski definition) is 1. The highest BCUT2D eigenvalue weighted by Crippen LogP contribution is 2.19. The quantitative estimate of drug-likeness (QED) is 0.823. The molecule has 0 spiro atoms. The monoisotopic (exact) mass is 362 g/mol. The minimum absolute atomic E-state index is 0.0706. The molecule has 108 valence electrons. The van der Waals surface area contributed by atoms with Gasteiger partial charge in [0, 0.05) is 28.7 Å². The van der Waals surface area contributed by atoms with Crippen molar-refractivity contribution in [1.82, 2.24) is 0 Å². The third-order valence-electron chi connectivity index (χ3n) is 2.97. The number of nitrogens with zero attached hydrogens (tertiary/aromatic N) is 1. The first-order valence-corrected chi connectivity index (χ1v) is 7.69. The lowest BCUT2D eigenvalue weighted by Crippen LogP contribution is -2.33. The molecular weight excluding hydrogens is 348 g/mol. The highest BCUT2D eigenvalue weighted by atomic mass is 79.9. The van der Waals surface area contributed by atoms with Crippen LogP contribution in [-0.2, 0) is 0 Å². The van der Waals surface area contributed by atoms with Crippen LogP contribution in [0.3, 0.4) is 0 Å².